The van der Waals surface area contributed by atoms with E-state index in [1.54, 1.807) is 48.7 Å². The van der Waals surface area contributed by atoms with E-state index in [-0.39, 0.29) is 5.91 Å². The Kier molecular flexibility index (Phi) is 5.46. The first kappa shape index (κ1) is 17.4. The van der Waals surface area contributed by atoms with E-state index >= 15 is 0 Å². The fourth-order valence-electron chi connectivity index (χ4n) is 2.12. The minimum atomic E-state index is -0.307. The van der Waals surface area contributed by atoms with Gasteiger partial charge in [0.05, 0.1) is 11.4 Å². The monoisotopic (exact) mass is 366 g/mol. The van der Waals surface area contributed by atoms with E-state index in [0.29, 0.717) is 34.0 Å². The summed E-state index contributed by atoms with van der Waals surface area (Å²) in [4.78, 5) is 20.0. The standard InChI is InChI=1S/C19H15ClN4O2/c1-2-17(25)22-15-8-3-4-9-16(15)23-19-21-11-10-18(24-19)26-14-7-5-6-13(20)12-14/h2-12H,1H2,(H,22,25)(H,21,23,24). The molecule has 3 rings (SSSR count). The highest BCUT2D eigenvalue weighted by Gasteiger charge is 2.07. The van der Waals surface area contributed by atoms with E-state index in [4.69, 9.17) is 16.3 Å². The Morgan fingerprint density at radius 1 is 1.12 bits per heavy atom. The van der Waals surface area contributed by atoms with Gasteiger partial charge < -0.3 is 15.4 Å². The second kappa shape index (κ2) is 8.13. The Morgan fingerprint density at radius 3 is 2.69 bits per heavy atom. The average molecular weight is 367 g/mol. The number of aromatic nitrogens is 2. The maximum absolute atomic E-state index is 11.6. The molecule has 0 aliphatic carbocycles. The summed E-state index contributed by atoms with van der Waals surface area (Å²) in [5.41, 5.74) is 1.23. The maximum atomic E-state index is 11.6. The van der Waals surface area contributed by atoms with E-state index in [1.165, 1.54) is 6.08 Å². The number of nitrogens with one attached hydrogen (secondary N) is 2. The number of carbonyl (C=O) groups excluding carboxylic acids is 1. The summed E-state index contributed by atoms with van der Waals surface area (Å²) in [5, 5.41) is 6.35. The number of hydrogen-bond donors (Lipinski definition) is 2. The first-order chi connectivity index (χ1) is 12.6. The van der Waals surface area contributed by atoms with E-state index in [2.05, 4.69) is 27.2 Å². The van der Waals surface area contributed by atoms with Gasteiger partial charge in [0.1, 0.15) is 5.75 Å². The number of ether oxygens (including phenoxy) is 1. The highest BCUT2D eigenvalue weighted by Crippen LogP contribution is 2.26. The normalized spacial score (nSPS) is 10.0. The number of halogens is 1. The van der Waals surface area contributed by atoms with E-state index < -0.39 is 0 Å². The lowest BCUT2D eigenvalue weighted by Crippen LogP contribution is -2.09. The predicted molar refractivity (Wildman–Crippen MR) is 102 cm³/mol. The van der Waals surface area contributed by atoms with Gasteiger partial charge in [-0.15, -0.1) is 0 Å². The fourth-order valence-corrected chi connectivity index (χ4v) is 2.30. The number of rotatable bonds is 6. The number of amides is 1. The topological polar surface area (TPSA) is 76.1 Å². The van der Waals surface area contributed by atoms with Crippen molar-refractivity contribution in [1.82, 2.24) is 9.97 Å². The van der Waals surface area contributed by atoms with Crippen molar-refractivity contribution in [3.8, 4) is 11.6 Å². The van der Waals surface area contributed by atoms with Crippen molar-refractivity contribution in [3.63, 3.8) is 0 Å². The van der Waals surface area contributed by atoms with Crippen LogP contribution in [0, 0.1) is 0 Å². The van der Waals surface area contributed by atoms with Gasteiger partial charge in [0.15, 0.2) is 0 Å². The van der Waals surface area contributed by atoms with Crippen LogP contribution in [0.1, 0.15) is 0 Å². The molecule has 3 aromatic rings. The lowest BCUT2D eigenvalue weighted by Gasteiger charge is -2.12. The minimum Gasteiger partial charge on any atom is -0.439 e. The molecule has 0 aliphatic rings. The van der Waals surface area contributed by atoms with E-state index in [0.717, 1.165) is 0 Å². The van der Waals surface area contributed by atoms with Crippen molar-refractivity contribution < 1.29 is 9.53 Å². The van der Waals surface area contributed by atoms with Crippen molar-refractivity contribution >= 4 is 34.8 Å². The van der Waals surface area contributed by atoms with Crippen LogP contribution < -0.4 is 15.4 Å². The Morgan fingerprint density at radius 2 is 1.92 bits per heavy atom. The van der Waals surface area contributed by atoms with Gasteiger partial charge in [-0.2, -0.15) is 4.98 Å². The number of para-hydroxylation sites is 2. The van der Waals surface area contributed by atoms with Crippen molar-refractivity contribution in [3.05, 3.63) is 78.5 Å². The molecule has 0 saturated carbocycles. The lowest BCUT2D eigenvalue weighted by atomic mass is 10.2. The van der Waals surface area contributed by atoms with Crippen molar-refractivity contribution in [2.75, 3.05) is 10.6 Å². The summed E-state index contributed by atoms with van der Waals surface area (Å²) in [6.45, 7) is 3.44. The first-order valence-corrected chi connectivity index (χ1v) is 8.08. The molecule has 0 spiro atoms. The summed E-state index contributed by atoms with van der Waals surface area (Å²) in [5.74, 6) is 0.946. The Bertz CT molecular complexity index is 946. The van der Waals surface area contributed by atoms with Gasteiger partial charge in [-0.3, -0.25) is 4.79 Å². The molecule has 0 fully saturated rings. The van der Waals surface area contributed by atoms with Crippen LogP contribution in [0.15, 0.2) is 73.4 Å². The van der Waals surface area contributed by atoms with Crippen LogP contribution in [0.4, 0.5) is 17.3 Å². The van der Waals surface area contributed by atoms with Gasteiger partial charge in [-0.25, -0.2) is 4.98 Å². The lowest BCUT2D eigenvalue weighted by molar-refractivity contribution is -0.111. The molecule has 7 heteroatoms. The van der Waals surface area contributed by atoms with Crippen LogP contribution >= 0.6 is 11.6 Å². The van der Waals surface area contributed by atoms with Crippen LogP contribution in [0.3, 0.4) is 0 Å². The van der Waals surface area contributed by atoms with E-state index in [9.17, 15) is 4.79 Å². The molecular formula is C19H15ClN4O2. The third kappa shape index (κ3) is 4.58. The van der Waals surface area contributed by atoms with Gasteiger partial charge in [0.25, 0.3) is 0 Å². The summed E-state index contributed by atoms with van der Waals surface area (Å²) in [6, 6.07) is 15.9. The maximum Gasteiger partial charge on any atom is 0.247 e. The highest BCUT2D eigenvalue weighted by molar-refractivity contribution is 6.30. The average Bonchev–Trinajstić information content (AvgIpc) is 2.63. The molecular weight excluding hydrogens is 352 g/mol. The molecule has 1 heterocycles. The van der Waals surface area contributed by atoms with Crippen LogP contribution in [0.5, 0.6) is 11.6 Å². The van der Waals surface area contributed by atoms with Crippen LogP contribution in [0.2, 0.25) is 5.02 Å². The smallest absolute Gasteiger partial charge is 0.247 e. The van der Waals surface area contributed by atoms with Crippen molar-refractivity contribution in [1.29, 1.82) is 0 Å². The Labute approximate surface area is 155 Å². The molecule has 1 aromatic heterocycles. The van der Waals surface area contributed by atoms with Gasteiger partial charge >= 0.3 is 0 Å². The van der Waals surface area contributed by atoms with Crippen LogP contribution in [-0.4, -0.2) is 15.9 Å². The molecule has 0 unspecified atom stereocenters. The zero-order chi connectivity index (χ0) is 18.4. The predicted octanol–water partition coefficient (Wildman–Crippen LogP) is 4.79. The quantitative estimate of drug-likeness (QED) is 0.613. The number of benzene rings is 2. The van der Waals surface area contributed by atoms with Crippen molar-refractivity contribution in [2.45, 2.75) is 0 Å². The fraction of sp³-hybridized carbons (Fsp3) is 0. The van der Waals surface area contributed by atoms with Gasteiger partial charge in [0, 0.05) is 17.3 Å². The molecule has 0 atom stereocenters. The number of nitrogens with zero attached hydrogens (tertiary/aromatic N) is 2. The number of anilines is 3. The van der Waals surface area contributed by atoms with Gasteiger partial charge in [0.2, 0.25) is 17.7 Å². The van der Waals surface area contributed by atoms with Crippen LogP contribution in [-0.2, 0) is 4.79 Å². The SMILES string of the molecule is C=CC(=O)Nc1ccccc1Nc1nccc(Oc2cccc(Cl)c2)n1. The third-order valence-corrected chi connectivity index (χ3v) is 3.50. The van der Waals surface area contributed by atoms with Crippen LogP contribution in [0.25, 0.3) is 0 Å². The first-order valence-electron chi connectivity index (χ1n) is 7.70. The number of carbonyl (C=O) groups is 1. The van der Waals surface area contributed by atoms with Crippen molar-refractivity contribution in [2.24, 2.45) is 0 Å². The minimum absolute atomic E-state index is 0.307. The summed E-state index contributed by atoms with van der Waals surface area (Å²) < 4.78 is 5.69. The second-order valence-corrected chi connectivity index (χ2v) is 5.58. The molecule has 26 heavy (non-hydrogen) atoms. The summed E-state index contributed by atoms with van der Waals surface area (Å²) in [6.07, 6.45) is 2.77. The second-order valence-electron chi connectivity index (χ2n) is 5.14. The molecule has 0 aliphatic heterocycles. The molecule has 6 nitrogen and oxygen atoms in total. The molecule has 0 bridgehead atoms. The molecule has 1 amide bonds. The molecule has 2 N–H and O–H groups in total. The van der Waals surface area contributed by atoms with Gasteiger partial charge in [-0.1, -0.05) is 36.4 Å². The summed E-state index contributed by atoms with van der Waals surface area (Å²) in [7, 11) is 0. The summed E-state index contributed by atoms with van der Waals surface area (Å²) >= 11 is 5.95. The zero-order valence-electron chi connectivity index (χ0n) is 13.6. The molecule has 0 saturated heterocycles. The number of hydrogen-bond acceptors (Lipinski definition) is 5. The zero-order valence-corrected chi connectivity index (χ0v) is 14.4. The third-order valence-electron chi connectivity index (χ3n) is 3.27. The highest BCUT2D eigenvalue weighted by atomic mass is 35.5. The molecule has 2 aromatic carbocycles. The Hall–Kier alpha value is -3.38. The van der Waals surface area contributed by atoms with E-state index in [1.807, 2.05) is 12.1 Å². The Balaban J connectivity index is 1.79. The largest absolute Gasteiger partial charge is 0.439 e. The molecule has 0 radical (unpaired) electrons. The van der Waals surface area contributed by atoms with Gasteiger partial charge in [-0.05, 0) is 36.4 Å². The molecule has 130 valence electrons.